The number of fused-ring (bicyclic) bond motifs is 1. The van der Waals surface area contributed by atoms with E-state index in [1.807, 2.05) is 17.0 Å². The highest BCUT2D eigenvalue weighted by atomic mass is 16.6. The second kappa shape index (κ2) is 7.44. The van der Waals surface area contributed by atoms with Crippen LogP contribution in [0.25, 0.3) is 10.9 Å². The Kier molecular flexibility index (Phi) is 4.65. The number of piperidine rings is 1. The normalized spacial score (nSPS) is 19.9. The molecule has 2 aromatic carbocycles. The average Bonchev–Trinajstić information content (AvgIpc) is 3.47. The first-order valence-electron chi connectivity index (χ1n) is 10.3. The molecule has 0 saturated carbocycles. The number of epoxide rings is 1. The predicted octanol–water partition coefficient (Wildman–Crippen LogP) is 4.14. The molecule has 144 valence electrons. The molecule has 4 nitrogen and oxygen atoms in total. The highest BCUT2D eigenvalue weighted by Crippen LogP contribution is 2.25. The molecule has 0 N–H and O–H groups in total. The van der Waals surface area contributed by atoms with Crippen LogP contribution in [0.4, 0.5) is 0 Å². The zero-order valence-electron chi connectivity index (χ0n) is 16.1. The van der Waals surface area contributed by atoms with Crippen LogP contribution in [-0.2, 0) is 17.7 Å². The third kappa shape index (κ3) is 3.69. The fraction of sp³-hybridized carbons (Fsp3) is 0.375. The van der Waals surface area contributed by atoms with E-state index >= 15 is 0 Å². The fourth-order valence-electron chi connectivity index (χ4n) is 4.36. The lowest BCUT2D eigenvalue weighted by Gasteiger charge is -2.32. The number of hydrogen-bond donors (Lipinski definition) is 0. The van der Waals surface area contributed by atoms with Crippen molar-refractivity contribution in [3.05, 3.63) is 71.9 Å². The van der Waals surface area contributed by atoms with Gasteiger partial charge >= 0.3 is 0 Å². The van der Waals surface area contributed by atoms with Crippen molar-refractivity contribution in [3.63, 3.8) is 0 Å². The summed E-state index contributed by atoms with van der Waals surface area (Å²) in [5, 5.41) is 1.13. The molecule has 0 spiro atoms. The third-order valence-corrected chi connectivity index (χ3v) is 6.09. The van der Waals surface area contributed by atoms with Crippen LogP contribution in [-0.4, -0.2) is 41.2 Å². The highest BCUT2D eigenvalue weighted by Gasteiger charge is 2.25. The van der Waals surface area contributed by atoms with E-state index in [2.05, 4.69) is 53.2 Å². The predicted molar refractivity (Wildman–Crippen MR) is 110 cm³/mol. The molecule has 5 rings (SSSR count). The summed E-state index contributed by atoms with van der Waals surface area (Å²) in [4.78, 5) is 15.0. The Hall–Kier alpha value is -2.59. The number of carbonyl (C=O) groups is 1. The van der Waals surface area contributed by atoms with Gasteiger partial charge in [0.15, 0.2) is 0 Å². The molecule has 28 heavy (non-hydrogen) atoms. The lowest BCUT2D eigenvalue weighted by Crippen LogP contribution is -2.38. The summed E-state index contributed by atoms with van der Waals surface area (Å²) >= 11 is 0. The van der Waals surface area contributed by atoms with Gasteiger partial charge in [-0.2, -0.15) is 0 Å². The zero-order chi connectivity index (χ0) is 18.9. The largest absolute Gasteiger partial charge is 0.371 e. The van der Waals surface area contributed by atoms with Crippen molar-refractivity contribution >= 4 is 16.8 Å². The molecule has 1 aromatic heterocycles. The summed E-state index contributed by atoms with van der Waals surface area (Å²) in [5.41, 5.74) is 3.38. The Balaban J connectivity index is 1.23. The number of nitrogens with zero attached hydrogens (tertiary/aromatic N) is 2. The van der Waals surface area contributed by atoms with Gasteiger partial charge in [0, 0.05) is 35.8 Å². The van der Waals surface area contributed by atoms with Crippen molar-refractivity contribution in [1.29, 1.82) is 0 Å². The van der Waals surface area contributed by atoms with Crippen LogP contribution in [0.1, 0.15) is 28.8 Å². The first-order chi connectivity index (χ1) is 13.8. The summed E-state index contributed by atoms with van der Waals surface area (Å²) in [5.74, 6) is 0.839. The van der Waals surface area contributed by atoms with Crippen LogP contribution in [0.3, 0.4) is 0 Å². The topological polar surface area (TPSA) is 37.8 Å². The van der Waals surface area contributed by atoms with E-state index in [9.17, 15) is 4.79 Å². The van der Waals surface area contributed by atoms with Gasteiger partial charge in [0.2, 0.25) is 0 Å². The Morgan fingerprint density at radius 2 is 1.82 bits per heavy atom. The van der Waals surface area contributed by atoms with Crippen molar-refractivity contribution in [2.24, 2.45) is 5.92 Å². The maximum absolute atomic E-state index is 13.0. The van der Waals surface area contributed by atoms with Gasteiger partial charge in [-0.05, 0) is 55.0 Å². The molecule has 3 heterocycles. The Labute approximate surface area is 165 Å². The molecule has 3 aromatic rings. The van der Waals surface area contributed by atoms with Crippen LogP contribution in [0.5, 0.6) is 0 Å². The summed E-state index contributed by atoms with van der Waals surface area (Å²) in [6, 6.07) is 18.9. The first kappa shape index (κ1) is 17.5. The number of amides is 1. The number of hydrogen-bond acceptors (Lipinski definition) is 2. The van der Waals surface area contributed by atoms with Gasteiger partial charge in [0.25, 0.3) is 5.91 Å². The van der Waals surface area contributed by atoms with Crippen molar-refractivity contribution < 1.29 is 9.53 Å². The monoisotopic (exact) mass is 374 g/mol. The molecule has 0 bridgehead atoms. The van der Waals surface area contributed by atoms with E-state index in [0.29, 0.717) is 12.0 Å². The molecular weight excluding hydrogens is 348 g/mol. The second-order valence-electron chi connectivity index (χ2n) is 8.12. The average molecular weight is 374 g/mol. The minimum atomic E-state index is 0.165. The van der Waals surface area contributed by atoms with Crippen LogP contribution >= 0.6 is 0 Å². The van der Waals surface area contributed by atoms with Crippen LogP contribution in [0.2, 0.25) is 0 Å². The van der Waals surface area contributed by atoms with Gasteiger partial charge in [-0.25, -0.2) is 0 Å². The number of rotatable bonds is 5. The van der Waals surface area contributed by atoms with E-state index in [4.69, 9.17) is 4.74 Å². The van der Waals surface area contributed by atoms with Gasteiger partial charge in [-0.15, -0.1) is 0 Å². The van der Waals surface area contributed by atoms with E-state index in [0.717, 1.165) is 56.5 Å². The minimum Gasteiger partial charge on any atom is -0.371 e. The van der Waals surface area contributed by atoms with Gasteiger partial charge in [0.1, 0.15) is 0 Å². The number of benzene rings is 2. The third-order valence-electron chi connectivity index (χ3n) is 6.09. The fourth-order valence-corrected chi connectivity index (χ4v) is 4.36. The highest BCUT2D eigenvalue weighted by molar-refractivity contribution is 5.98. The SMILES string of the molecule is O=C(c1ccc2c(ccn2CC2CO2)c1)N1CCC(Cc2ccccc2)CC1. The van der Waals surface area contributed by atoms with Crippen LogP contribution < -0.4 is 0 Å². The quantitative estimate of drug-likeness (QED) is 0.630. The summed E-state index contributed by atoms with van der Waals surface area (Å²) in [6.07, 6.45) is 5.73. The standard InChI is InChI=1S/C24H26N2O2/c27-24(25-11-8-19(9-12-25)14-18-4-2-1-3-5-18)21-6-7-23-20(15-21)10-13-26(23)16-22-17-28-22/h1-7,10,13,15,19,22H,8-9,11-12,14,16-17H2. The number of carbonyl (C=O) groups excluding carboxylic acids is 1. The lowest BCUT2D eigenvalue weighted by atomic mass is 9.90. The molecular formula is C24H26N2O2. The van der Waals surface area contributed by atoms with E-state index in [1.165, 1.54) is 11.1 Å². The Bertz CT molecular complexity index is 967. The molecule has 1 atom stereocenters. The first-order valence-corrected chi connectivity index (χ1v) is 10.3. The molecule has 4 heteroatoms. The van der Waals surface area contributed by atoms with Gasteiger partial charge in [0.05, 0.1) is 19.3 Å². The molecule has 0 aliphatic carbocycles. The van der Waals surface area contributed by atoms with E-state index in [1.54, 1.807) is 0 Å². The molecule has 1 unspecified atom stereocenters. The Morgan fingerprint density at radius 3 is 2.57 bits per heavy atom. The smallest absolute Gasteiger partial charge is 0.253 e. The molecule has 2 aliphatic rings. The molecule has 2 saturated heterocycles. The van der Waals surface area contributed by atoms with Crippen molar-refractivity contribution in [1.82, 2.24) is 9.47 Å². The minimum absolute atomic E-state index is 0.165. The van der Waals surface area contributed by atoms with Gasteiger partial charge in [-0.3, -0.25) is 4.79 Å². The number of aromatic nitrogens is 1. The molecule has 2 aliphatic heterocycles. The van der Waals surface area contributed by atoms with Gasteiger partial charge in [-0.1, -0.05) is 30.3 Å². The molecule has 1 amide bonds. The second-order valence-corrected chi connectivity index (χ2v) is 8.12. The van der Waals surface area contributed by atoms with Crippen molar-refractivity contribution in [2.75, 3.05) is 19.7 Å². The van der Waals surface area contributed by atoms with Crippen LogP contribution in [0, 0.1) is 5.92 Å². The van der Waals surface area contributed by atoms with E-state index < -0.39 is 0 Å². The van der Waals surface area contributed by atoms with Gasteiger partial charge < -0.3 is 14.2 Å². The van der Waals surface area contributed by atoms with Crippen molar-refractivity contribution in [3.8, 4) is 0 Å². The number of ether oxygens (including phenoxy) is 1. The van der Waals surface area contributed by atoms with E-state index in [-0.39, 0.29) is 5.91 Å². The maximum Gasteiger partial charge on any atom is 0.253 e. The van der Waals surface area contributed by atoms with Crippen LogP contribution in [0.15, 0.2) is 60.8 Å². The van der Waals surface area contributed by atoms with Crippen molar-refractivity contribution in [2.45, 2.75) is 31.9 Å². The lowest BCUT2D eigenvalue weighted by molar-refractivity contribution is 0.0690. The molecule has 0 radical (unpaired) electrons. The number of likely N-dealkylation sites (tertiary alicyclic amines) is 1. The summed E-state index contributed by atoms with van der Waals surface area (Å²) < 4.78 is 7.56. The summed E-state index contributed by atoms with van der Waals surface area (Å²) in [7, 11) is 0. The Morgan fingerprint density at radius 1 is 1.04 bits per heavy atom. The zero-order valence-corrected chi connectivity index (χ0v) is 16.1. The summed E-state index contributed by atoms with van der Waals surface area (Å²) in [6.45, 7) is 3.46. The molecule has 2 fully saturated rings. The maximum atomic E-state index is 13.0.